The lowest BCUT2D eigenvalue weighted by Gasteiger charge is -2.31. The molecule has 1 amide bonds. The van der Waals surface area contributed by atoms with E-state index in [1.54, 1.807) is 29.2 Å². The van der Waals surface area contributed by atoms with Gasteiger partial charge in [-0.25, -0.2) is 14.5 Å². The molecule has 2 aromatic rings. The highest BCUT2D eigenvalue weighted by atomic mass is 16.5. The summed E-state index contributed by atoms with van der Waals surface area (Å²) in [5, 5.41) is 13.0. The van der Waals surface area contributed by atoms with Gasteiger partial charge in [-0.3, -0.25) is 4.79 Å². The zero-order chi connectivity index (χ0) is 15.5. The number of aromatic nitrogens is 3. The number of carboxylic acids is 1. The fourth-order valence-corrected chi connectivity index (χ4v) is 2.29. The quantitative estimate of drug-likeness (QED) is 0.869. The van der Waals surface area contributed by atoms with Crippen LogP contribution in [-0.2, 0) is 9.53 Å². The van der Waals surface area contributed by atoms with Gasteiger partial charge in [0.2, 0.25) is 0 Å². The molecule has 8 nitrogen and oxygen atoms in total. The van der Waals surface area contributed by atoms with Gasteiger partial charge in [-0.1, -0.05) is 6.07 Å². The van der Waals surface area contributed by atoms with Crippen LogP contribution in [0.3, 0.4) is 0 Å². The van der Waals surface area contributed by atoms with Crippen LogP contribution in [0.2, 0.25) is 0 Å². The van der Waals surface area contributed by atoms with Gasteiger partial charge in [0.1, 0.15) is 12.7 Å². The summed E-state index contributed by atoms with van der Waals surface area (Å²) in [5.41, 5.74) is 1.19. The SMILES string of the molecule is O=C(O)C1CN(C(=O)c2cccc(-n3cncn3)c2)CCO1. The summed E-state index contributed by atoms with van der Waals surface area (Å²) in [6.45, 7) is 0.628. The second-order valence-electron chi connectivity index (χ2n) is 4.84. The van der Waals surface area contributed by atoms with Crippen LogP contribution in [0.1, 0.15) is 10.4 Å². The van der Waals surface area contributed by atoms with E-state index < -0.39 is 12.1 Å². The largest absolute Gasteiger partial charge is 0.479 e. The Hall–Kier alpha value is -2.74. The molecule has 0 radical (unpaired) electrons. The van der Waals surface area contributed by atoms with Gasteiger partial charge in [0, 0.05) is 12.1 Å². The number of benzene rings is 1. The third-order valence-corrected chi connectivity index (χ3v) is 3.41. The number of ether oxygens (including phenoxy) is 1. The lowest BCUT2D eigenvalue weighted by Crippen LogP contribution is -2.48. The first-order chi connectivity index (χ1) is 10.6. The molecule has 1 saturated heterocycles. The van der Waals surface area contributed by atoms with Crippen LogP contribution < -0.4 is 0 Å². The van der Waals surface area contributed by atoms with Crippen molar-refractivity contribution < 1.29 is 19.4 Å². The maximum atomic E-state index is 12.5. The maximum absolute atomic E-state index is 12.5. The molecule has 1 atom stereocenters. The first-order valence-corrected chi connectivity index (χ1v) is 6.74. The molecule has 114 valence electrons. The predicted molar refractivity (Wildman–Crippen MR) is 74.6 cm³/mol. The molecule has 1 unspecified atom stereocenters. The number of amides is 1. The summed E-state index contributed by atoms with van der Waals surface area (Å²) in [5.74, 6) is -1.29. The monoisotopic (exact) mass is 302 g/mol. The molecule has 0 bridgehead atoms. The normalized spacial score (nSPS) is 18.2. The van der Waals surface area contributed by atoms with E-state index in [0.29, 0.717) is 17.8 Å². The Bertz CT molecular complexity index is 686. The van der Waals surface area contributed by atoms with Crippen molar-refractivity contribution in [2.45, 2.75) is 6.10 Å². The van der Waals surface area contributed by atoms with Crippen LogP contribution in [0.15, 0.2) is 36.9 Å². The van der Waals surface area contributed by atoms with Gasteiger partial charge in [0.15, 0.2) is 6.10 Å². The van der Waals surface area contributed by atoms with Crippen molar-refractivity contribution in [3.05, 3.63) is 42.5 Å². The average Bonchev–Trinajstić information content (AvgIpc) is 3.09. The summed E-state index contributed by atoms with van der Waals surface area (Å²) >= 11 is 0. The lowest BCUT2D eigenvalue weighted by molar-refractivity contribution is -0.154. The van der Waals surface area contributed by atoms with Gasteiger partial charge >= 0.3 is 5.97 Å². The van der Waals surface area contributed by atoms with Crippen molar-refractivity contribution in [3.63, 3.8) is 0 Å². The van der Waals surface area contributed by atoms with E-state index in [0.717, 1.165) is 0 Å². The molecule has 0 spiro atoms. The second kappa shape index (κ2) is 5.94. The van der Waals surface area contributed by atoms with Gasteiger partial charge in [-0.05, 0) is 18.2 Å². The van der Waals surface area contributed by atoms with E-state index in [1.165, 1.54) is 11.2 Å². The Morgan fingerprint density at radius 3 is 2.95 bits per heavy atom. The number of carbonyl (C=O) groups is 2. The van der Waals surface area contributed by atoms with Gasteiger partial charge in [-0.15, -0.1) is 0 Å². The van der Waals surface area contributed by atoms with Crippen LogP contribution in [0.25, 0.3) is 5.69 Å². The highest BCUT2D eigenvalue weighted by Crippen LogP contribution is 2.14. The number of carboxylic acid groups (broad SMARTS) is 1. The highest BCUT2D eigenvalue weighted by molar-refractivity contribution is 5.95. The molecule has 0 saturated carbocycles. The third kappa shape index (κ3) is 2.82. The molecule has 2 heterocycles. The molecule has 1 aliphatic heterocycles. The summed E-state index contributed by atoms with van der Waals surface area (Å²) in [4.78, 5) is 28.9. The molecular weight excluding hydrogens is 288 g/mol. The number of aliphatic carboxylic acids is 1. The lowest BCUT2D eigenvalue weighted by atomic mass is 10.1. The summed E-state index contributed by atoms with van der Waals surface area (Å²) in [7, 11) is 0. The van der Waals surface area contributed by atoms with Crippen molar-refractivity contribution in [2.75, 3.05) is 19.7 Å². The highest BCUT2D eigenvalue weighted by Gasteiger charge is 2.29. The minimum absolute atomic E-state index is 0.0434. The number of hydrogen-bond donors (Lipinski definition) is 1. The Labute approximate surface area is 125 Å². The van der Waals surface area contributed by atoms with Crippen LogP contribution in [-0.4, -0.2) is 62.4 Å². The molecule has 1 aromatic carbocycles. The number of morpholine rings is 1. The molecule has 1 aromatic heterocycles. The number of carbonyl (C=O) groups excluding carboxylic acids is 1. The fourth-order valence-electron chi connectivity index (χ4n) is 2.29. The van der Waals surface area contributed by atoms with Crippen LogP contribution in [0, 0.1) is 0 Å². The van der Waals surface area contributed by atoms with Crippen LogP contribution in [0.5, 0.6) is 0 Å². The minimum Gasteiger partial charge on any atom is -0.479 e. The first-order valence-electron chi connectivity index (χ1n) is 6.74. The average molecular weight is 302 g/mol. The molecule has 1 aliphatic rings. The smallest absolute Gasteiger partial charge is 0.334 e. The van der Waals surface area contributed by atoms with Gasteiger partial charge in [0.25, 0.3) is 5.91 Å². The van der Waals surface area contributed by atoms with Crippen LogP contribution in [0.4, 0.5) is 0 Å². The van der Waals surface area contributed by atoms with E-state index in [4.69, 9.17) is 9.84 Å². The topological polar surface area (TPSA) is 97.6 Å². The zero-order valence-corrected chi connectivity index (χ0v) is 11.6. The van der Waals surface area contributed by atoms with Gasteiger partial charge in [-0.2, -0.15) is 5.10 Å². The second-order valence-corrected chi connectivity index (χ2v) is 4.84. The predicted octanol–water partition coefficient (Wildman–Crippen LogP) is 0.193. The van der Waals surface area contributed by atoms with Gasteiger partial charge in [0.05, 0.1) is 18.8 Å². The van der Waals surface area contributed by atoms with E-state index in [2.05, 4.69) is 10.1 Å². The van der Waals surface area contributed by atoms with Crippen molar-refractivity contribution in [1.82, 2.24) is 19.7 Å². The number of rotatable bonds is 3. The Balaban J connectivity index is 1.80. The van der Waals surface area contributed by atoms with Crippen molar-refractivity contribution >= 4 is 11.9 Å². The van der Waals surface area contributed by atoms with E-state index in [1.807, 2.05) is 6.07 Å². The molecule has 3 rings (SSSR count). The molecular formula is C14H14N4O4. The first kappa shape index (κ1) is 14.2. The summed E-state index contributed by atoms with van der Waals surface area (Å²) in [6, 6.07) is 6.94. The molecule has 0 aliphatic carbocycles. The standard InChI is InChI=1S/C14H14N4O4/c19-13(17-4-5-22-12(7-17)14(20)21)10-2-1-3-11(6-10)18-9-15-8-16-18/h1-3,6,8-9,12H,4-5,7H2,(H,20,21). The van der Waals surface area contributed by atoms with Crippen molar-refractivity contribution in [1.29, 1.82) is 0 Å². The van der Waals surface area contributed by atoms with Crippen molar-refractivity contribution in [2.24, 2.45) is 0 Å². The molecule has 22 heavy (non-hydrogen) atoms. The van der Waals surface area contributed by atoms with Crippen LogP contribution >= 0.6 is 0 Å². The van der Waals surface area contributed by atoms with E-state index >= 15 is 0 Å². The van der Waals surface area contributed by atoms with E-state index in [9.17, 15) is 9.59 Å². The van der Waals surface area contributed by atoms with E-state index in [-0.39, 0.29) is 19.1 Å². The number of nitrogens with zero attached hydrogens (tertiary/aromatic N) is 4. The maximum Gasteiger partial charge on any atom is 0.334 e. The summed E-state index contributed by atoms with van der Waals surface area (Å²) < 4.78 is 6.67. The Kier molecular flexibility index (Phi) is 3.84. The third-order valence-electron chi connectivity index (χ3n) is 3.41. The molecule has 1 N–H and O–H groups in total. The Morgan fingerprint density at radius 2 is 2.23 bits per heavy atom. The Morgan fingerprint density at radius 1 is 1.36 bits per heavy atom. The van der Waals surface area contributed by atoms with Crippen molar-refractivity contribution in [3.8, 4) is 5.69 Å². The van der Waals surface area contributed by atoms with Gasteiger partial charge < -0.3 is 14.7 Å². The molecule has 1 fully saturated rings. The fraction of sp³-hybridized carbons (Fsp3) is 0.286. The number of hydrogen-bond acceptors (Lipinski definition) is 5. The minimum atomic E-state index is -1.06. The zero-order valence-electron chi connectivity index (χ0n) is 11.6. The summed E-state index contributed by atoms with van der Waals surface area (Å²) in [6.07, 6.45) is 1.98. The molecule has 8 heteroatoms.